The minimum absolute atomic E-state index is 0.0344. The smallest absolute Gasteiger partial charge is 0.306 e. The molecule has 6 aliphatic rings. The number of carbonyl (C=O) groups is 2. The van der Waals surface area contributed by atoms with Crippen LogP contribution in [0.25, 0.3) is 0 Å². The van der Waals surface area contributed by atoms with Gasteiger partial charge in [-0.1, -0.05) is 32.1 Å². The Morgan fingerprint density at radius 1 is 0.889 bits per heavy atom. The van der Waals surface area contributed by atoms with Crippen molar-refractivity contribution >= 4 is 23.5 Å². The van der Waals surface area contributed by atoms with E-state index < -0.39 is 12.4 Å². The van der Waals surface area contributed by atoms with Crippen molar-refractivity contribution in [1.82, 2.24) is 4.90 Å². The topological polar surface area (TPSA) is 111 Å². The number of hydrogen-bond acceptors (Lipinski definition) is 12. The number of fused-ring (bicyclic) bond motifs is 5. The summed E-state index contributed by atoms with van der Waals surface area (Å²) in [7, 11) is 9.20. The summed E-state index contributed by atoms with van der Waals surface area (Å²) in [5.41, 5.74) is 0.764. The van der Waals surface area contributed by atoms with Crippen molar-refractivity contribution in [3.63, 3.8) is 0 Å². The second kappa shape index (κ2) is 18.9. The predicted molar refractivity (Wildman–Crippen MR) is 207 cm³/mol. The van der Waals surface area contributed by atoms with E-state index in [2.05, 4.69) is 51.1 Å². The minimum Gasteiger partial charge on any atom is -0.461 e. The Labute approximate surface area is 327 Å². The first kappa shape index (κ1) is 42.3. The van der Waals surface area contributed by atoms with E-state index in [0.29, 0.717) is 18.4 Å². The Balaban J connectivity index is 1.21. The number of allylic oxidation sites excluding steroid dienone is 4. The SMILES string of the molecule is CC[C@@H]1OC(OC2CC3C=CC4C5CC(=O)OC(CSC)CCCC(OC6CC[C@@H](N(C)C)[C@@H](C)O6)C(C)C(=O)C5=CC4C3C2)C(OC)C(OC)C1OC. The molecule has 0 N–H and O–H groups in total. The van der Waals surface area contributed by atoms with Gasteiger partial charge in [0.1, 0.15) is 24.4 Å². The number of cyclic esters (lactones) is 1. The molecule has 306 valence electrons. The molecule has 14 unspecified atom stereocenters. The van der Waals surface area contributed by atoms with Gasteiger partial charge in [-0.05, 0) is 108 Å². The number of hydrogen-bond donors (Lipinski definition) is 0. The van der Waals surface area contributed by atoms with Crippen molar-refractivity contribution in [1.29, 1.82) is 0 Å². The fraction of sp³-hybridized carbons (Fsp3) is 0.857. The highest BCUT2D eigenvalue weighted by Gasteiger charge is 2.53. The molecule has 4 fully saturated rings. The summed E-state index contributed by atoms with van der Waals surface area (Å²) in [6.07, 6.45) is 12.9. The third kappa shape index (κ3) is 9.02. The maximum Gasteiger partial charge on any atom is 0.306 e. The van der Waals surface area contributed by atoms with Gasteiger partial charge < -0.3 is 42.8 Å². The molecule has 0 aromatic heterocycles. The number of ether oxygens (including phenoxy) is 8. The minimum atomic E-state index is -0.591. The monoisotopic (exact) mass is 777 g/mol. The lowest BCUT2D eigenvalue weighted by molar-refractivity contribution is -0.317. The average Bonchev–Trinajstić information content (AvgIpc) is 3.73. The second-order valence-corrected chi connectivity index (χ2v) is 17.7. The molecule has 6 rings (SSSR count). The van der Waals surface area contributed by atoms with Crippen LogP contribution in [0.4, 0.5) is 0 Å². The summed E-state index contributed by atoms with van der Waals surface area (Å²) in [5, 5.41) is 0. The van der Waals surface area contributed by atoms with Crippen molar-refractivity contribution in [2.75, 3.05) is 47.4 Å². The molecule has 3 aliphatic carbocycles. The van der Waals surface area contributed by atoms with Gasteiger partial charge in [0, 0.05) is 45.0 Å². The average molecular weight is 778 g/mol. The van der Waals surface area contributed by atoms with Crippen LogP contribution in [0.1, 0.15) is 78.6 Å². The molecular weight excluding hydrogens is 711 g/mol. The van der Waals surface area contributed by atoms with E-state index in [-0.39, 0.29) is 96.8 Å². The molecule has 11 nitrogen and oxygen atoms in total. The number of nitrogens with zero attached hydrogens (tertiary/aromatic N) is 1. The molecule has 0 spiro atoms. The lowest BCUT2D eigenvalue weighted by Gasteiger charge is -2.45. The number of methoxy groups -OCH3 is 3. The third-order valence-corrected chi connectivity index (χ3v) is 14.1. The van der Waals surface area contributed by atoms with Gasteiger partial charge in [0.2, 0.25) is 0 Å². The first-order valence-electron chi connectivity index (χ1n) is 20.5. The Hall–Kier alpha value is -1.35. The third-order valence-electron chi connectivity index (χ3n) is 13.4. The molecular formula is C42H67NO10S. The standard InChI is InChI=1S/C42H67NO10S/c1-10-34-39(46-6)40(47-7)41(48-8)42(53-34)51-27-18-25-14-15-28-30(29(25)19-27)20-32-31(28)21-36(44)50-26(22-54-9)12-11-13-35(23(2)38(32)45)52-37-17-16-33(43(4)5)24(3)49-37/h14-15,20,23-31,33-35,37,39-42H,10-13,16-19,21-22H2,1-9H3/t23?,24-,25?,26?,27?,28?,29?,30?,31?,33-,34+,35?,37?,39?,40?,41?,42?/m1/s1. The number of likely N-dealkylation sites (N-methyl/N-ethyl adjacent to an activating group) is 1. The lowest BCUT2D eigenvalue weighted by atomic mass is 9.70. The summed E-state index contributed by atoms with van der Waals surface area (Å²) in [6, 6.07) is 0.336. The highest BCUT2D eigenvalue weighted by molar-refractivity contribution is 7.98. The van der Waals surface area contributed by atoms with E-state index >= 15 is 0 Å². The normalized spacial score (nSPS) is 44.5. The van der Waals surface area contributed by atoms with E-state index in [9.17, 15) is 9.59 Å². The molecule has 0 aromatic carbocycles. The molecule has 3 saturated heterocycles. The fourth-order valence-corrected chi connectivity index (χ4v) is 11.2. The number of Topliss-reactive ketones (excluding diaryl/α,β-unsaturated/α-hetero) is 1. The number of carbonyl (C=O) groups excluding carboxylic acids is 2. The molecule has 3 aliphatic heterocycles. The summed E-state index contributed by atoms with van der Waals surface area (Å²) in [6.45, 7) is 6.21. The van der Waals surface area contributed by atoms with Crippen molar-refractivity contribution in [3.05, 3.63) is 23.8 Å². The number of rotatable bonds is 11. The van der Waals surface area contributed by atoms with Gasteiger partial charge in [0.05, 0.1) is 30.8 Å². The van der Waals surface area contributed by atoms with E-state index in [1.807, 2.05) is 13.2 Å². The van der Waals surface area contributed by atoms with E-state index in [1.165, 1.54) is 0 Å². The van der Waals surface area contributed by atoms with Gasteiger partial charge >= 0.3 is 5.97 Å². The Morgan fingerprint density at radius 3 is 2.31 bits per heavy atom. The maximum absolute atomic E-state index is 14.7. The van der Waals surface area contributed by atoms with Crippen LogP contribution in [0.5, 0.6) is 0 Å². The lowest BCUT2D eigenvalue weighted by Crippen LogP contribution is -2.60. The molecule has 1 saturated carbocycles. The van der Waals surface area contributed by atoms with Crippen molar-refractivity contribution in [3.8, 4) is 0 Å². The Morgan fingerprint density at radius 2 is 1.65 bits per heavy atom. The highest BCUT2D eigenvalue weighted by atomic mass is 32.2. The summed E-state index contributed by atoms with van der Waals surface area (Å²) in [4.78, 5) is 30.6. The van der Waals surface area contributed by atoms with Gasteiger partial charge in [-0.15, -0.1) is 0 Å². The van der Waals surface area contributed by atoms with Crippen LogP contribution < -0.4 is 0 Å². The fourth-order valence-electron chi connectivity index (χ4n) is 10.6. The van der Waals surface area contributed by atoms with Gasteiger partial charge in [0.25, 0.3) is 0 Å². The number of ketones is 1. The van der Waals surface area contributed by atoms with Crippen LogP contribution in [0.15, 0.2) is 23.8 Å². The van der Waals surface area contributed by atoms with Crippen molar-refractivity contribution in [2.24, 2.45) is 35.5 Å². The largest absolute Gasteiger partial charge is 0.461 e. The molecule has 0 radical (unpaired) electrons. The quantitative estimate of drug-likeness (QED) is 0.186. The second-order valence-electron chi connectivity index (χ2n) is 16.8. The molecule has 0 bridgehead atoms. The Kier molecular flexibility index (Phi) is 14.8. The zero-order chi connectivity index (χ0) is 38.7. The molecule has 12 heteroatoms. The molecule has 54 heavy (non-hydrogen) atoms. The number of esters is 1. The first-order valence-corrected chi connectivity index (χ1v) is 21.9. The van der Waals surface area contributed by atoms with Crippen molar-refractivity contribution < 1.29 is 47.5 Å². The molecule has 0 aromatic rings. The molecule has 17 atom stereocenters. The predicted octanol–water partition coefficient (Wildman–Crippen LogP) is 5.83. The van der Waals surface area contributed by atoms with E-state index in [1.54, 1.807) is 33.1 Å². The Bertz CT molecular complexity index is 1330. The highest BCUT2D eigenvalue weighted by Crippen LogP contribution is 2.54. The van der Waals surface area contributed by atoms with Gasteiger partial charge in [0.15, 0.2) is 18.4 Å². The molecule has 0 amide bonds. The maximum atomic E-state index is 14.7. The summed E-state index contributed by atoms with van der Waals surface area (Å²) < 4.78 is 50.1. The summed E-state index contributed by atoms with van der Waals surface area (Å²) >= 11 is 1.70. The first-order chi connectivity index (χ1) is 26.0. The van der Waals surface area contributed by atoms with Crippen LogP contribution >= 0.6 is 11.8 Å². The number of thioether (sulfide) groups is 1. The van der Waals surface area contributed by atoms with E-state index in [0.717, 1.165) is 56.3 Å². The van der Waals surface area contributed by atoms with Crippen molar-refractivity contribution in [2.45, 2.75) is 146 Å². The van der Waals surface area contributed by atoms with Crippen LogP contribution in [0.3, 0.4) is 0 Å². The van der Waals surface area contributed by atoms with E-state index in [4.69, 9.17) is 37.9 Å². The van der Waals surface area contributed by atoms with Crippen LogP contribution in [-0.2, 0) is 47.5 Å². The van der Waals surface area contributed by atoms with Gasteiger partial charge in [-0.2, -0.15) is 11.8 Å². The van der Waals surface area contributed by atoms with Gasteiger partial charge in [-0.3, -0.25) is 9.59 Å². The van der Waals surface area contributed by atoms with Gasteiger partial charge in [-0.25, -0.2) is 0 Å². The van der Waals surface area contributed by atoms with Crippen LogP contribution in [0, 0.1) is 35.5 Å². The van der Waals surface area contributed by atoms with Crippen LogP contribution in [-0.4, -0.2) is 132 Å². The zero-order valence-corrected chi connectivity index (χ0v) is 34.9. The van der Waals surface area contributed by atoms with Crippen LogP contribution in [0.2, 0.25) is 0 Å². The summed E-state index contributed by atoms with van der Waals surface area (Å²) in [5.74, 6) is 0.732. The molecule has 3 heterocycles. The zero-order valence-electron chi connectivity index (χ0n) is 34.1.